The summed E-state index contributed by atoms with van der Waals surface area (Å²) in [5.74, 6) is 1.19. The molecule has 2 aromatic heterocycles. The molecular weight excluding hydrogens is 414 g/mol. The van der Waals surface area contributed by atoms with Gasteiger partial charge in [0.15, 0.2) is 0 Å². The summed E-state index contributed by atoms with van der Waals surface area (Å²) in [6, 6.07) is 18.2. The van der Waals surface area contributed by atoms with Gasteiger partial charge in [-0.1, -0.05) is 18.2 Å². The van der Waals surface area contributed by atoms with Gasteiger partial charge in [-0.15, -0.1) is 0 Å². The molecule has 1 aliphatic rings. The van der Waals surface area contributed by atoms with Crippen LogP contribution in [0.4, 0.5) is 28.7 Å². The number of ether oxygens (including phenoxy) is 1. The number of aromatic amines is 1. The van der Waals surface area contributed by atoms with Crippen LogP contribution in [0, 0.1) is 13.8 Å². The van der Waals surface area contributed by atoms with Crippen LogP contribution in [0.25, 0.3) is 10.8 Å². The minimum absolute atomic E-state index is 0.175. The van der Waals surface area contributed by atoms with Crippen molar-refractivity contribution in [3.05, 3.63) is 82.3 Å². The first kappa shape index (κ1) is 21.0. The predicted octanol–water partition coefficient (Wildman–Crippen LogP) is 4.86. The molecule has 3 N–H and O–H groups in total. The Bertz CT molecular complexity index is 1320. The quantitative estimate of drug-likeness (QED) is 0.410. The van der Waals surface area contributed by atoms with Crippen molar-refractivity contribution in [1.82, 2.24) is 9.97 Å². The van der Waals surface area contributed by atoms with Crippen molar-refractivity contribution in [2.45, 2.75) is 13.8 Å². The smallest absolute Gasteiger partial charge is 0.259 e. The van der Waals surface area contributed by atoms with E-state index in [-0.39, 0.29) is 5.56 Å². The molecule has 0 aliphatic carbocycles. The Morgan fingerprint density at radius 1 is 0.970 bits per heavy atom. The molecule has 4 aromatic rings. The summed E-state index contributed by atoms with van der Waals surface area (Å²) < 4.78 is 5.44. The van der Waals surface area contributed by atoms with Crippen molar-refractivity contribution in [3.63, 3.8) is 0 Å². The summed E-state index contributed by atoms with van der Waals surface area (Å²) in [6.45, 7) is 7.41. The lowest BCUT2D eigenvalue weighted by molar-refractivity contribution is 0.122. The summed E-state index contributed by atoms with van der Waals surface area (Å²) >= 11 is 0. The van der Waals surface area contributed by atoms with E-state index in [1.54, 1.807) is 6.20 Å². The van der Waals surface area contributed by atoms with Gasteiger partial charge in [-0.25, -0.2) is 4.98 Å². The molecule has 0 spiro atoms. The molecule has 0 unspecified atom stereocenters. The number of aryl methyl sites for hydroxylation is 2. The summed E-state index contributed by atoms with van der Waals surface area (Å²) in [7, 11) is 0. The van der Waals surface area contributed by atoms with Crippen LogP contribution in [0.1, 0.15) is 11.1 Å². The molecule has 1 fully saturated rings. The zero-order valence-corrected chi connectivity index (χ0v) is 18.8. The normalized spacial score (nSPS) is 13.8. The predicted molar refractivity (Wildman–Crippen MR) is 134 cm³/mol. The number of morpholine rings is 1. The zero-order valence-electron chi connectivity index (χ0n) is 18.8. The highest BCUT2D eigenvalue weighted by molar-refractivity contribution is 5.95. The summed E-state index contributed by atoms with van der Waals surface area (Å²) in [5, 5.41) is 8.15. The maximum atomic E-state index is 12.7. The van der Waals surface area contributed by atoms with Gasteiger partial charge >= 0.3 is 0 Å². The maximum absolute atomic E-state index is 12.7. The average Bonchev–Trinajstić information content (AvgIpc) is 2.82. The first-order chi connectivity index (χ1) is 16.1. The first-order valence-electron chi connectivity index (χ1n) is 11.1. The van der Waals surface area contributed by atoms with E-state index < -0.39 is 0 Å². The van der Waals surface area contributed by atoms with Crippen molar-refractivity contribution < 1.29 is 4.74 Å². The minimum Gasteiger partial charge on any atom is -0.378 e. The highest BCUT2D eigenvalue weighted by Gasteiger charge is 2.13. The molecule has 168 valence electrons. The van der Waals surface area contributed by atoms with Crippen molar-refractivity contribution >= 4 is 39.5 Å². The highest BCUT2D eigenvalue weighted by atomic mass is 16.5. The first-order valence-corrected chi connectivity index (χ1v) is 11.1. The van der Waals surface area contributed by atoms with E-state index in [0.717, 1.165) is 59.9 Å². The maximum Gasteiger partial charge on any atom is 0.259 e. The van der Waals surface area contributed by atoms with Crippen molar-refractivity contribution in [2.24, 2.45) is 0 Å². The van der Waals surface area contributed by atoms with Crippen LogP contribution in [0.2, 0.25) is 0 Å². The number of pyridine rings is 2. The second kappa shape index (κ2) is 8.96. The molecule has 7 nitrogen and oxygen atoms in total. The van der Waals surface area contributed by atoms with Crippen LogP contribution in [0.3, 0.4) is 0 Å². The van der Waals surface area contributed by atoms with Crippen molar-refractivity contribution in [1.29, 1.82) is 0 Å². The standard InChI is InChI=1S/C26H27N5O2/c1-17-4-3-5-18(2)24(17)29-22-16-19-10-11-27-26(32)23(19)25(30-22)28-20-6-8-21(9-7-20)31-12-14-33-15-13-31/h3-11,16H,12-15H2,1-2H3,(H,27,32)(H2,28,29,30). The molecule has 0 bridgehead atoms. The van der Waals surface area contributed by atoms with E-state index in [9.17, 15) is 4.79 Å². The van der Waals surface area contributed by atoms with Gasteiger partial charge < -0.3 is 25.3 Å². The van der Waals surface area contributed by atoms with E-state index in [1.165, 1.54) is 0 Å². The third-order valence-electron chi connectivity index (χ3n) is 5.99. The van der Waals surface area contributed by atoms with Gasteiger partial charge in [0, 0.05) is 36.3 Å². The molecule has 5 rings (SSSR count). The largest absolute Gasteiger partial charge is 0.378 e. The number of anilines is 5. The minimum atomic E-state index is -0.175. The van der Waals surface area contributed by atoms with Gasteiger partial charge in [-0.05, 0) is 66.8 Å². The second-order valence-corrected chi connectivity index (χ2v) is 8.29. The third-order valence-corrected chi connectivity index (χ3v) is 5.99. The molecule has 0 amide bonds. The number of benzene rings is 2. The molecular formula is C26H27N5O2. The molecule has 1 aliphatic heterocycles. The molecule has 0 atom stereocenters. The van der Waals surface area contributed by atoms with Gasteiger partial charge in [-0.2, -0.15) is 0 Å². The molecule has 1 saturated heterocycles. The number of para-hydroxylation sites is 1. The SMILES string of the molecule is Cc1cccc(C)c1Nc1cc2cc[nH]c(=O)c2c(Nc2ccc(N3CCOCC3)cc2)n1. The topological polar surface area (TPSA) is 82.3 Å². The Morgan fingerprint density at radius 3 is 2.42 bits per heavy atom. The van der Waals surface area contributed by atoms with Gasteiger partial charge in [0.1, 0.15) is 11.6 Å². The van der Waals surface area contributed by atoms with Crippen LogP contribution in [0.5, 0.6) is 0 Å². The Balaban J connectivity index is 1.49. The van der Waals surface area contributed by atoms with E-state index in [2.05, 4.69) is 58.6 Å². The Hall–Kier alpha value is -3.84. The van der Waals surface area contributed by atoms with E-state index in [4.69, 9.17) is 9.72 Å². The molecule has 3 heterocycles. The van der Waals surface area contributed by atoms with Crippen LogP contribution in [-0.4, -0.2) is 36.3 Å². The third kappa shape index (κ3) is 4.40. The van der Waals surface area contributed by atoms with Crippen LogP contribution in [0.15, 0.2) is 65.6 Å². The fourth-order valence-electron chi connectivity index (χ4n) is 4.22. The Labute approximate surface area is 192 Å². The number of aromatic nitrogens is 2. The monoisotopic (exact) mass is 441 g/mol. The summed E-state index contributed by atoms with van der Waals surface area (Å²) in [5.41, 5.74) is 5.14. The van der Waals surface area contributed by atoms with Crippen LogP contribution in [-0.2, 0) is 4.74 Å². The highest BCUT2D eigenvalue weighted by Crippen LogP contribution is 2.29. The van der Waals surface area contributed by atoms with Crippen molar-refractivity contribution in [3.8, 4) is 0 Å². The Morgan fingerprint density at radius 2 is 1.70 bits per heavy atom. The van der Waals surface area contributed by atoms with Gasteiger partial charge in [-0.3, -0.25) is 4.79 Å². The molecule has 0 saturated carbocycles. The van der Waals surface area contributed by atoms with Gasteiger partial charge in [0.25, 0.3) is 5.56 Å². The lowest BCUT2D eigenvalue weighted by atomic mass is 10.1. The number of hydrogen-bond donors (Lipinski definition) is 3. The van der Waals surface area contributed by atoms with Crippen LogP contribution >= 0.6 is 0 Å². The average molecular weight is 442 g/mol. The summed E-state index contributed by atoms with van der Waals surface area (Å²) in [4.78, 5) is 22.5. The molecule has 7 heteroatoms. The second-order valence-electron chi connectivity index (χ2n) is 8.29. The lowest BCUT2D eigenvalue weighted by Gasteiger charge is -2.28. The van der Waals surface area contributed by atoms with E-state index >= 15 is 0 Å². The number of H-pyrrole nitrogens is 1. The van der Waals surface area contributed by atoms with Gasteiger partial charge in [0.2, 0.25) is 0 Å². The number of nitrogens with zero attached hydrogens (tertiary/aromatic N) is 2. The fourth-order valence-corrected chi connectivity index (χ4v) is 4.22. The van der Waals surface area contributed by atoms with E-state index in [0.29, 0.717) is 17.0 Å². The molecule has 33 heavy (non-hydrogen) atoms. The molecule has 0 radical (unpaired) electrons. The molecule has 2 aromatic carbocycles. The number of nitrogens with one attached hydrogen (secondary N) is 3. The zero-order chi connectivity index (χ0) is 22.8. The lowest BCUT2D eigenvalue weighted by Crippen LogP contribution is -2.36. The fraction of sp³-hybridized carbons (Fsp3) is 0.231. The van der Waals surface area contributed by atoms with Crippen molar-refractivity contribution in [2.75, 3.05) is 41.8 Å². The number of fused-ring (bicyclic) bond motifs is 1. The number of hydrogen-bond acceptors (Lipinski definition) is 6. The van der Waals surface area contributed by atoms with Gasteiger partial charge in [0.05, 0.1) is 18.6 Å². The summed E-state index contributed by atoms with van der Waals surface area (Å²) in [6.07, 6.45) is 1.66. The van der Waals surface area contributed by atoms with Crippen LogP contribution < -0.4 is 21.1 Å². The Kier molecular flexibility index (Phi) is 5.71. The number of rotatable bonds is 5. The van der Waals surface area contributed by atoms with E-state index in [1.807, 2.05) is 30.3 Å².